The molecule has 0 radical (unpaired) electrons. The van der Waals surface area contributed by atoms with Crippen LogP contribution >= 0.6 is 11.8 Å². The van der Waals surface area contributed by atoms with Crippen molar-refractivity contribution in [2.75, 3.05) is 5.94 Å². The molecule has 0 saturated heterocycles. The van der Waals surface area contributed by atoms with Crippen molar-refractivity contribution in [1.82, 2.24) is 4.98 Å². The van der Waals surface area contributed by atoms with Crippen molar-refractivity contribution < 1.29 is 22.3 Å². The maximum Gasteiger partial charge on any atom is 0.255 e. The molecular formula is C12H7F4NOS. The minimum atomic E-state index is -1.74. The molecule has 0 fully saturated rings. The quantitative estimate of drug-likeness (QED) is 0.370. The van der Waals surface area contributed by atoms with Crippen LogP contribution in [0.25, 0.3) is 0 Å². The Morgan fingerprint density at radius 1 is 0.947 bits per heavy atom. The number of nitrogens with zero attached hydrogens (tertiary/aromatic N) is 1. The summed E-state index contributed by atoms with van der Waals surface area (Å²) in [6.45, 7) is 0. The zero-order valence-electron chi connectivity index (χ0n) is 9.37. The Bertz CT molecular complexity index is 553. The highest BCUT2D eigenvalue weighted by Crippen LogP contribution is 2.26. The summed E-state index contributed by atoms with van der Waals surface area (Å²) >= 11 is 1.12. The molecule has 0 atom stereocenters. The smallest absolute Gasteiger partial charge is 0.255 e. The summed E-state index contributed by atoms with van der Waals surface area (Å²) in [5, 5.41) is 0. The van der Waals surface area contributed by atoms with E-state index in [1.54, 1.807) is 30.3 Å². The first-order chi connectivity index (χ1) is 9.09. The predicted octanol–water partition coefficient (Wildman–Crippen LogP) is 3.77. The second-order valence-corrected chi connectivity index (χ2v) is 4.37. The second kappa shape index (κ2) is 5.92. The predicted molar refractivity (Wildman–Crippen MR) is 61.9 cm³/mol. The van der Waals surface area contributed by atoms with Gasteiger partial charge in [-0.2, -0.15) is 22.5 Å². The third-order valence-electron chi connectivity index (χ3n) is 2.13. The molecule has 0 amide bonds. The molecule has 0 unspecified atom stereocenters. The van der Waals surface area contributed by atoms with Crippen LogP contribution in [0, 0.1) is 23.5 Å². The van der Waals surface area contributed by atoms with Gasteiger partial charge in [0.1, 0.15) is 5.94 Å². The minimum absolute atomic E-state index is 0.194. The van der Waals surface area contributed by atoms with Crippen LogP contribution < -0.4 is 4.74 Å². The van der Waals surface area contributed by atoms with Gasteiger partial charge < -0.3 is 4.74 Å². The minimum Gasteiger partial charge on any atom is -0.476 e. The van der Waals surface area contributed by atoms with Gasteiger partial charge in [0, 0.05) is 4.90 Å². The number of hydrogen-bond donors (Lipinski definition) is 0. The first-order valence-corrected chi connectivity index (χ1v) is 6.09. The maximum atomic E-state index is 13.2. The van der Waals surface area contributed by atoms with Crippen molar-refractivity contribution in [3.8, 4) is 5.75 Å². The average Bonchev–Trinajstić information content (AvgIpc) is 2.42. The lowest BCUT2D eigenvalue weighted by Crippen LogP contribution is -2.05. The monoisotopic (exact) mass is 289 g/mol. The van der Waals surface area contributed by atoms with E-state index in [1.165, 1.54) is 0 Å². The normalized spacial score (nSPS) is 10.5. The largest absolute Gasteiger partial charge is 0.476 e. The van der Waals surface area contributed by atoms with Crippen LogP contribution in [0.3, 0.4) is 0 Å². The first kappa shape index (κ1) is 13.7. The third kappa shape index (κ3) is 3.17. The number of rotatable bonds is 4. The van der Waals surface area contributed by atoms with E-state index in [9.17, 15) is 17.6 Å². The number of halogens is 4. The summed E-state index contributed by atoms with van der Waals surface area (Å²) in [4.78, 5) is 3.22. The van der Waals surface area contributed by atoms with Crippen molar-refractivity contribution >= 4 is 11.8 Å². The Kier molecular flexibility index (Phi) is 4.26. The summed E-state index contributed by atoms with van der Waals surface area (Å²) in [5.74, 6) is -8.06. The van der Waals surface area contributed by atoms with Crippen LogP contribution in [0.2, 0.25) is 0 Å². The third-order valence-corrected chi connectivity index (χ3v) is 2.97. The van der Waals surface area contributed by atoms with E-state index >= 15 is 0 Å². The topological polar surface area (TPSA) is 22.1 Å². The molecule has 7 heteroatoms. The molecule has 100 valence electrons. The van der Waals surface area contributed by atoms with Crippen LogP contribution in [0.5, 0.6) is 5.75 Å². The standard InChI is InChI=1S/C12H7F4NOS/c13-8-10(9(14)12(16)17-11(8)15)18-6-19-7-4-2-1-3-5-7/h1-5H,6H2. The average molecular weight is 289 g/mol. The van der Waals surface area contributed by atoms with E-state index in [4.69, 9.17) is 4.74 Å². The zero-order valence-corrected chi connectivity index (χ0v) is 10.2. The Labute approximate surface area is 110 Å². The lowest BCUT2D eigenvalue weighted by Gasteiger charge is -2.08. The van der Waals surface area contributed by atoms with Gasteiger partial charge in [-0.15, -0.1) is 0 Å². The molecule has 0 spiro atoms. The first-order valence-electron chi connectivity index (χ1n) is 5.10. The van der Waals surface area contributed by atoms with Crippen molar-refractivity contribution in [2.45, 2.75) is 4.90 Å². The summed E-state index contributed by atoms with van der Waals surface area (Å²) in [6, 6.07) is 8.87. The summed E-state index contributed by atoms with van der Waals surface area (Å²) in [7, 11) is 0. The molecular weight excluding hydrogens is 282 g/mol. The van der Waals surface area contributed by atoms with Gasteiger partial charge in [-0.1, -0.05) is 30.0 Å². The van der Waals surface area contributed by atoms with Gasteiger partial charge in [-0.05, 0) is 12.1 Å². The lowest BCUT2D eigenvalue weighted by molar-refractivity contribution is 0.306. The fraction of sp³-hybridized carbons (Fsp3) is 0.0833. The molecule has 0 bridgehead atoms. The number of benzene rings is 1. The maximum absolute atomic E-state index is 13.2. The molecule has 2 nitrogen and oxygen atoms in total. The highest BCUT2D eigenvalue weighted by atomic mass is 32.2. The van der Waals surface area contributed by atoms with Gasteiger partial charge in [0.25, 0.3) is 11.9 Å². The van der Waals surface area contributed by atoms with Crippen LogP contribution in [0.15, 0.2) is 35.2 Å². The number of aromatic nitrogens is 1. The van der Waals surface area contributed by atoms with Gasteiger partial charge in [0.15, 0.2) is 0 Å². The molecule has 0 aliphatic heterocycles. The van der Waals surface area contributed by atoms with Crippen molar-refractivity contribution in [2.24, 2.45) is 0 Å². The molecule has 0 aliphatic carbocycles. The van der Waals surface area contributed by atoms with Gasteiger partial charge in [-0.25, -0.2) is 0 Å². The van der Waals surface area contributed by atoms with E-state index in [0.29, 0.717) is 0 Å². The molecule has 0 N–H and O–H groups in total. The molecule has 1 aromatic heterocycles. The van der Waals surface area contributed by atoms with E-state index < -0.39 is 29.3 Å². The van der Waals surface area contributed by atoms with E-state index in [2.05, 4.69) is 4.98 Å². The van der Waals surface area contributed by atoms with Gasteiger partial charge in [-0.3, -0.25) is 0 Å². The molecule has 1 heterocycles. The number of thioether (sulfide) groups is 1. The Hall–Kier alpha value is -1.76. The molecule has 0 saturated carbocycles. The highest BCUT2D eigenvalue weighted by molar-refractivity contribution is 7.99. The molecule has 2 aromatic rings. The number of pyridine rings is 1. The second-order valence-electron chi connectivity index (χ2n) is 3.37. The summed E-state index contributed by atoms with van der Waals surface area (Å²) < 4.78 is 56.7. The van der Waals surface area contributed by atoms with Crippen LogP contribution in [0.1, 0.15) is 0 Å². The highest BCUT2D eigenvalue weighted by Gasteiger charge is 2.22. The summed E-state index contributed by atoms with van der Waals surface area (Å²) in [6.07, 6.45) is 0. The fourth-order valence-corrected chi connectivity index (χ4v) is 1.93. The van der Waals surface area contributed by atoms with Crippen LogP contribution in [-0.2, 0) is 0 Å². The van der Waals surface area contributed by atoms with Gasteiger partial charge in [0.05, 0.1) is 0 Å². The van der Waals surface area contributed by atoms with Crippen molar-refractivity contribution in [1.29, 1.82) is 0 Å². The molecule has 2 rings (SSSR count). The Morgan fingerprint density at radius 2 is 1.53 bits per heavy atom. The van der Waals surface area contributed by atoms with Crippen LogP contribution in [-0.4, -0.2) is 10.9 Å². The van der Waals surface area contributed by atoms with Gasteiger partial charge >= 0.3 is 0 Å². The van der Waals surface area contributed by atoms with Crippen molar-refractivity contribution in [3.05, 3.63) is 53.9 Å². The SMILES string of the molecule is Fc1nc(F)c(F)c(OCSc2ccccc2)c1F. The van der Waals surface area contributed by atoms with Crippen molar-refractivity contribution in [3.63, 3.8) is 0 Å². The zero-order chi connectivity index (χ0) is 13.8. The Balaban J connectivity index is 2.08. The number of hydrogen-bond acceptors (Lipinski definition) is 3. The Morgan fingerprint density at radius 3 is 2.11 bits per heavy atom. The summed E-state index contributed by atoms with van der Waals surface area (Å²) in [5.41, 5.74) is 0. The molecule has 19 heavy (non-hydrogen) atoms. The number of ether oxygens (including phenoxy) is 1. The van der Waals surface area contributed by atoms with E-state index in [1.807, 2.05) is 0 Å². The van der Waals surface area contributed by atoms with E-state index in [-0.39, 0.29) is 5.94 Å². The molecule has 0 aliphatic rings. The van der Waals surface area contributed by atoms with Crippen LogP contribution in [0.4, 0.5) is 17.6 Å². The fourth-order valence-electron chi connectivity index (χ4n) is 1.27. The van der Waals surface area contributed by atoms with E-state index in [0.717, 1.165) is 16.7 Å². The molecule has 1 aromatic carbocycles. The van der Waals surface area contributed by atoms with Gasteiger partial charge in [0.2, 0.25) is 17.4 Å². The lowest BCUT2D eigenvalue weighted by atomic mass is 10.4.